The van der Waals surface area contributed by atoms with Crippen molar-refractivity contribution in [2.75, 3.05) is 5.32 Å². The number of nitrogens with one attached hydrogen (secondary N) is 2. The highest BCUT2D eigenvalue weighted by Gasteiger charge is 2.09. The van der Waals surface area contributed by atoms with Gasteiger partial charge in [0.05, 0.1) is 10.5 Å². The minimum atomic E-state index is 0.239. The molecule has 24 heavy (non-hydrogen) atoms. The predicted octanol–water partition coefficient (Wildman–Crippen LogP) is 3.94. The van der Waals surface area contributed by atoms with Gasteiger partial charge in [-0.1, -0.05) is 11.6 Å². The summed E-state index contributed by atoms with van der Waals surface area (Å²) < 4.78 is 5.55. The fraction of sp³-hybridized carbons (Fsp3) is 0. The Bertz CT molecular complexity index is 988. The minimum Gasteiger partial charge on any atom is -0.423 e. The smallest absolute Gasteiger partial charge is 0.321 e. The molecule has 0 aliphatic carbocycles. The van der Waals surface area contributed by atoms with Gasteiger partial charge in [-0.05, 0) is 36.4 Å². The number of nitrogens with zero attached hydrogens (tertiary/aromatic N) is 4. The van der Waals surface area contributed by atoms with Gasteiger partial charge in [0, 0.05) is 24.3 Å². The summed E-state index contributed by atoms with van der Waals surface area (Å²) in [5.74, 6) is 1.10. The highest BCUT2D eigenvalue weighted by molar-refractivity contribution is 6.32. The molecule has 7 nitrogen and oxygen atoms in total. The molecule has 0 bridgehead atoms. The number of halogens is 1. The SMILES string of the molecule is Clc1cc(Nc2n[nH]c3cccnc23)ccc1Oc1ncccn1. The fourth-order valence-corrected chi connectivity index (χ4v) is 2.39. The Hall–Kier alpha value is -3.19. The zero-order chi connectivity index (χ0) is 16.4. The van der Waals surface area contributed by atoms with E-state index in [4.69, 9.17) is 16.3 Å². The average molecular weight is 339 g/mol. The number of ether oxygens (including phenoxy) is 1. The van der Waals surface area contributed by atoms with Crippen LogP contribution in [0.2, 0.25) is 5.02 Å². The van der Waals surface area contributed by atoms with E-state index in [0.717, 1.165) is 16.7 Å². The lowest BCUT2D eigenvalue weighted by atomic mass is 10.3. The van der Waals surface area contributed by atoms with Crippen LogP contribution in [-0.4, -0.2) is 25.1 Å². The monoisotopic (exact) mass is 338 g/mol. The van der Waals surface area contributed by atoms with E-state index in [9.17, 15) is 0 Å². The van der Waals surface area contributed by atoms with Crippen LogP contribution in [0.5, 0.6) is 11.8 Å². The van der Waals surface area contributed by atoms with E-state index in [0.29, 0.717) is 16.6 Å². The Labute approximate surface area is 141 Å². The fourth-order valence-electron chi connectivity index (χ4n) is 2.18. The number of benzene rings is 1. The molecule has 0 amide bonds. The summed E-state index contributed by atoms with van der Waals surface area (Å²) >= 11 is 6.27. The van der Waals surface area contributed by atoms with Crippen LogP contribution in [-0.2, 0) is 0 Å². The molecule has 0 saturated carbocycles. The van der Waals surface area contributed by atoms with Crippen LogP contribution in [0.15, 0.2) is 55.0 Å². The first-order valence-electron chi connectivity index (χ1n) is 7.10. The van der Waals surface area contributed by atoms with Crippen molar-refractivity contribution >= 4 is 34.1 Å². The summed E-state index contributed by atoms with van der Waals surface area (Å²) in [6.45, 7) is 0. The third kappa shape index (κ3) is 2.84. The first-order chi connectivity index (χ1) is 11.8. The molecule has 0 unspecified atom stereocenters. The van der Waals surface area contributed by atoms with Crippen molar-refractivity contribution < 1.29 is 4.74 Å². The number of rotatable bonds is 4. The Kier molecular flexibility index (Phi) is 3.68. The van der Waals surface area contributed by atoms with Gasteiger partial charge in [-0.2, -0.15) is 5.10 Å². The molecule has 8 heteroatoms. The number of fused-ring (bicyclic) bond motifs is 1. The summed E-state index contributed by atoms with van der Waals surface area (Å²) in [5, 5.41) is 10.7. The normalized spacial score (nSPS) is 10.7. The van der Waals surface area contributed by atoms with Crippen LogP contribution in [0.25, 0.3) is 11.0 Å². The van der Waals surface area contributed by atoms with Gasteiger partial charge < -0.3 is 10.1 Å². The van der Waals surface area contributed by atoms with Crippen molar-refractivity contribution in [3.8, 4) is 11.8 Å². The highest BCUT2D eigenvalue weighted by Crippen LogP contribution is 2.31. The van der Waals surface area contributed by atoms with Crippen molar-refractivity contribution in [1.82, 2.24) is 25.1 Å². The third-order valence-corrected chi connectivity index (χ3v) is 3.55. The predicted molar refractivity (Wildman–Crippen MR) is 90.7 cm³/mol. The van der Waals surface area contributed by atoms with Gasteiger partial charge in [-0.15, -0.1) is 0 Å². The average Bonchev–Trinajstić information content (AvgIpc) is 3.01. The lowest BCUT2D eigenvalue weighted by Gasteiger charge is -2.08. The molecule has 4 aromatic rings. The zero-order valence-electron chi connectivity index (χ0n) is 12.3. The van der Waals surface area contributed by atoms with Crippen LogP contribution < -0.4 is 10.1 Å². The van der Waals surface area contributed by atoms with Gasteiger partial charge in [0.1, 0.15) is 11.3 Å². The van der Waals surface area contributed by atoms with E-state index in [1.807, 2.05) is 18.2 Å². The maximum absolute atomic E-state index is 6.27. The molecule has 0 fully saturated rings. The lowest BCUT2D eigenvalue weighted by Crippen LogP contribution is -1.94. The van der Waals surface area contributed by atoms with E-state index >= 15 is 0 Å². The molecular formula is C16H11ClN6O. The van der Waals surface area contributed by atoms with Crippen molar-refractivity contribution in [3.63, 3.8) is 0 Å². The Balaban J connectivity index is 1.58. The second-order valence-electron chi connectivity index (χ2n) is 4.88. The van der Waals surface area contributed by atoms with Gasteiger partial charge in [0.2, 0.25) is 0 Å². The number of hydrogen-bond donors (Lipinski definition) is 2. The number of aromatic nitrogens is 5. The van der Waals surface area contributed by atoms with Crippen molar-refractivity contribution in [3.05, 3.63) is 60.0 Å². The van der Waals surface area contributed by atoms with Crippen LogP contribution >= 0.6 is 11.6 Å². The van der Waals surface area contributed by atoms with Crippen molar-refractivity contribution in [2.24, 2.45) is 0 Å². The molecule has 3 heterocycles. The molecule has 0 saturated heterocycles. The minimum absolute atomic E-state index is 0.239. The summed E-state index contributed by atoms with van der Waals surface area (Å²) in [6.07, 6.45) is 4.91. The van der Waals surface area contributed by atoms with E-state index in [-0.39, 0.29) is 6.01 Å². The lowest BCUT2D eigenvalue weighted by molar-refractivity contribution is 0.442. The van der Waals surface area contributed by atoms with E-state index in [1.165, 1.54) is 0 Å². The second-order valence-corrected chi connectivity index (χ2v) is 5.28. The molecule has 1 aromatic carbocycles. The van der Waals surface area contributed by atoms with Crippen molar-refractivity contribution in [2.45, 2.75) is 0 Å². The largest absolute Gasteiger partial charge is 0.423 e. The standard InChI is InChI=1S/C16H11ClN6O/c17-11-9-10(4-5-13(11)24-16-19-7-2-8-20-16)21-15-14-12(22-23-15)3-1-6-18-14/h1-9H,(H2,21,22,23). The van der Waals surface area contributed by atoms with Crippen LogP contribution in [0, 0.1) is 0 Å². The number of H-pyrrole nitrogens is 1. The topological polar surface area (TPSA) is 88.6 Å². The third-order valence-electron chi connectivity index (χ3n) is 3.26. The van der Waals surface area contributed by atoms with Gasteiger partial charge in [0.25, 0.3) is 0 Å². The first kappa shape index (κ1) is 14.4. The molecule has 0 aliphatic rings. The quantitative estimate of drug-likeness (QED) is 0.586. The molecule has 4 rings (SSSR count). The van der Waals surface area contributed by atoms with Gasteiger partial charge in [-0.3, -0.25) is 10.1 Å². The van der Waals surface area contributed by atoms with Crippen LogP contribution in [0.4, 0.5) is 11.5 Å². The Morgan fingerprint density at radius 1 is 1.00 bits per heavy atom. The van der Waals surface area contributed by atoms with Crippen LogP contribution in [0.1, 0.15) is 0 Å². The molecule has 0 aliphatic heterocycles. The van der Waals surface area contributed by atoms with Gasteiger partial charge in [-0.25, -0.2) is 9.97 Å². The molecule has 0 atom stereocenters. The number of aromatic amines is 1. The summed E-state index contributed by atoms with van der Waals surface area (Å²) in [4.78, 5) is 12.3. The molecule has 2 N–H and O–H groups in total. The summed E-state index contributed by atoms with van der Waals surface area (Å²) in [7, 11) is 0. The van der Waals surface area contributed by atoms with E-state index in [2.05, 4.69) is 30.5 Å². The Morgan fingerprint density at radius 3 is 2.67 bits per heavy atom. The second kappa shape index (κ2) is 6.13. The zero-order valence-corrected chi connectivity index (χ0v) is 13.0. The van der Waals surface area contributed by atoms with Crippen molar-refractivity contribution in [1.29, 1.82) is 0 Å². The highest BCUT2D eigenvalue weighted by atomic mass is 35.5. The number of pyridine rings is 1. The Morgan fingerprint density at radius 2 is 1.83 bits per heavy atom. The molecule has 3 aromatic heterocycles. The van der Waals surface area contributed by atoms with Gasteiger partial charge in [0.15, 0.2) is 5.82 Å². The maximum Gasteiger partial charge on any atom is 0.321 e. The van der Waals surface area contributed by atoms with Gasteiger partial charge >= 0.3 is 6.01 Å². The number of anilines is 2. The van der Waals surface area contributed by atoms with Crippen LogP contribution in [0.3, 0.4) is 0 Å². The van der Waals surface area contributed by atoms with E-state index in [1.54, 1.807) is 36.8 Å². The first-order valence-corrected chi connectivity index (χ1v) is 7.48. The summed E-state index contributed by atoms with van der Waals surface area (Å²) in [6, 6.07) is 11.0. The number of hydrogen-bond acceptors (Lipinski definition) is 6. The molecule has 118 valence electrons. The molecular weight excluding hydrogens is 328 g/mol. The molecule has 0 radical (unpaired) electrons. The molecule has 0 spiro atoms. The van der Waals surface area contributed by atoms with E-state index < -0.39 is 0 Å². The maximum atomic E-state index is 6.27. The summed E-state index contributed by atoms with van der Waals surface area (Å²) in [5.41, 5.74) is 2.37.